The fraction of sp³-hybridized carbons (Fsp3) is 0.409. The molecular weight excluding hydrogens is 388 g/mol. The summed E-state index contributed by atoms with van der Waals surface area (Å²) in [7, 11) is -3.41. The zero-order valence-electron chi connectivity index (χ0n) is 17.3. The second-order valence-electron chi connectivity index (χ2n) is 6.92. The molecule has 6 nitrogen and oxygen atoms in total. The molecule has 0 radical (unpaired) electrons. The van der Waals surface area contributed by atoms with Gasteiger partial charge < -0.3 is 10.1 Å². The number of aryl methyl sites for hydroxylation is 2. The van der Waals surface area contributed by atoms with E-state index >= 15 is 0 Å². The summed E-state index contributed by atoms with van der Waals surface area (Å²) in [6.45, 7) is 5.07. The first-order chi connectivity index (χ1) is 13.8. The van der Waals surface area contributed by atoms with Crippen LogP contribution in [0.3, 0.4) is 0 Å². The number of anilines is 1. The van der Waals surface area contributed by atoms with Crippen LogP contribution in [0.25, 0.3) is 0 Å². The predicted molar refractivity (Wildman–Crippen MR) is 117 cm³/mol. The van der Waals surface area contributed by atoms with E-state index in [2.05, 4.69) is 5.32 Å². The van der Waals surface area contributed by atoms with Crippen molar-refractivity contribution in [3.63, 3.8) is 0 Å². The van der Waals surface area contributed by atoms with Crippen LogP contribution in [-0.2, 0) is 21.2 Å². The second kappa shape index (κ2) is 10.9. The molecule has 0 aromatic heterocycles. The molecular formula is C22H30N2O4S. The van der Waals surface area contributed by atoms with Gasteiger partial charge in [-0.25, -0.2) is 8.42 Å². The van der Waals surface area contributed by atoms with E-state index in [-0.39, 0.29) is 18.9 Å². The van der Waals surface area contributed by atoms with Gasteiger partial charge in [0.15, 0.2) is 0 Å². The van der Waals surface area contributed by atoms with Crippen molar-refractivity contribution in [3.05, 3.63) is 59.7 Å². The van der Waals surface area contributed by atoms with Gasteiger partial charge in [-0.3, -0.25) is 9.10 Å². The monoisotopic (exact) mass is 418 g/mol. The molecule has 2 aromatic rings. The second-order valence-corrected chi connectivity index (χ2v) is 8.83. The molecule has 1 amide bonds. The van der Waals surface area contributed by atoms with E-state index in [0.717, 1.165) is 23.3 Å². The van der Waals surface area contributed by atoms with Gasteiger partial charge in [0.25, 0.3) is 0 Å². The van der Waals surface area contributed by atoms with Gasteiger partial charge >= 0.3 is 0 Å². The summed E-state index contributed by atoms with van der Waals surface area (Å²) in [5.41, 5.74) is 2.82. The number of rotatable bonds is 11. The molecule has 7 heteroatoms. The van der Waals surface area contributed by atoms with Crippen LogP contribution in [0.4, 0.5) is 5.69 Å². The third kappa shape index (κ3) is 7.42. The maximum absolute atomic E-state index is 12.1. The number of nitrogens with zero attached hydrogens (tertiary/aromatic N) is 1. The fourth-order valence-electron chi connectivity index (χ4n) is 2.93. The number of hydrogen-bond donors (Lipinski definition) is 1. The Balaban J connectivity index is 1.76. The lowest BCUT2D eigenvalue weighted by Gasteiger charge is -2.22. The minimum atomic E-state index is -3.41. The van der Waals surface area contributed by atoms with E-state index < -0.39 is 10.0 Å². The standard InChI is InChI=1S/C22H30N2O4S/c1-4-19-11-13-20(14-12-19)24(29(3,26)27)16-7-10-22(25)23-15-17-28-21-9-6-5-8-18(21)2/h5-6,8-9,11-14H,4,7,10,15-17H2,1-3H3,(H,23,25). The minimum absolute atomic E-state index is 0.117. The van der Waals surface area contributed by atoms with Crippen molar-refractivity contribution in [3.8, 4) is 5.75 Å². The summed E-state index contributed by atoms with van der Waals surface area (Å²) >= 11 is 0. The first-order valence-corrected chi connectivity index (χ1v) is 11.7. The molecule has 158 valence electrons. The Labute approximate surface area is 173 Å². The SMILES string of the molecule is CCc1ccc(N(CCCC(=O)NCCOc2ccccc2C)S(C)(=O)=O)cc1. The summed E-state index contributed by atoms with van der Waals surface area (Å²) in [4.78, 5) is 12.0. The highest BCUT2D eigenvalue weighted by Crippen LogP contribution is 2.19. The number of nitrogens with one attached hydrogen (secondary N) is 1. The van der Waals surface area contributed by atoms with Gasteiger partial charge in [-0.15, -0.1) is 0 Å². The van der Waals surface area contributed by atoms with Crippen LogP contribution in [0.2, 0.25) is 0 Å². The number of carbonyl (C=O) groups is 1. The summed E-state index contributed by atoms with van der Waals surface area (Å²) in [5.74, 6) is 0.688. The zero-order valence-corrected chi connectivity index (χ0v) is 18.2. The minimum Gasteiger partial charge on any atom is -0.491 e. The van der Waals surface area contributed by atoms with Gasteiger partial charge in [-0.2, -0.15) is 0 Å². The zero-order chi connectivity index (χ0) is 21.3. The summed E-state index contributed by atoms with van der Waals surface area (Å²) in [5, 5.41) is 2.81. The lowest BCUT2D eigenvalue weighted by molar-refractivity contribution is -0.121. The third-order valence-corrected chi connectivity index (χ3v) is 5.77. The number of sulfonamides is 1. The molecule has 0 unspecified atom stereocenters. The molecule has 0 aliphatic heterocycles. The summed E-state index contributed by atoms with van der Waals surface area (Å²) in [6, 6.07) is 15.2. The Hall–Kier alpha value is -2.54. The quantitative estimate of drug-likeness (QED) is 0.568. The van der Waals surface area contributed by atoms with Crippen LogP contribution in [0, 0.1) is 6.92 Å². The maximum Gasteiger partial charge on any atom is 0.232 e. The van der Waals surface area contributed by atoms with Crippen molar-refractivity contribution in [2.45, 2.75) is 33.1 Å². The highest BCUT2D eigenvalue weighted by atomic mass is 32.2. The van der Waals surface area contributed by atoms with Gasteiger partial charge in [-0.05, 0) is 49.1 Å². The highest BCUT2D eigenvalue weighted by Gasteiger charge is 2.17. The average molecular weight is 419 g/mol. The van der Waals surface area contributed by atoms with E-state index in [1.54, 1.807) is 0 Å². The molecule has 0 fully saturated rings. The van der Waals surface area contributed by atoms with Crippen molar-refractivity contribution in [1.82, 2.24) is 5.32 Å². The van der Waals surface area contributed by atoms with Gasteiger partial charge in [0.05, 0.1) is 18.5 Å². The Morgan fingerprint density at radius 1 is 1.10 bits per heavy atom. The number of ether oxygens (including phenoxy) is 1. The maximum atomic E-state index is 12.1. The third-order valence-electron chi connectivity index (χ3n) is 4.57. The first kappa shape index (κ1) is 22.7. The van der Waals surface area contributed by atoms with Crippen LogP contribution in [0.1, 0.15) is 30.9 Å². The number of amides is 1. The first-order valence-electron chi connectivity index (χ1n) is 9.83. The molecule has 0 saturated carbocycles. The average Bonchev–Trinajstić information content (AvgIpc) is 2.69. The van der Waals surface area contributed by atoms with Crippen LogP contribution < -0.4 is 14.4 Å². The highest BCUT2D eigenvalue weighted by molar-refractivity contribution is 7.92. The normalized spacial score (nSPS) is 11.1. The van der Waals surface area contributed by atoms with Crippen molar-refractivity contribution < 1.29 is 17.9 Å². The van der Waals surface area contributed by atoms with Crippen LogP contribution in [0.5, 0.6) is 5.75 Å². The van der Waals surface area contributed by atoms with E-state index in [1.807, 2.05) is 62.4 Å². The van der Waals surface area contributed by atoms with Crippen LogP contribution in [-0.4, -0.2) is 40.3 Å². The lowest BCUT2D eigenvalue weighted by atomic mass is 10.1. The number of para-hydroxylation sites is 1. The number of hydrogen-bond acceptors (Lipinski definition) is 4. The van der Waals surface area contributed by atoms with Crippen molar-refractivity contribution in [1.29, 1.82) is 0 Å². The van der Waals surface area contributed by atoms with E-state index in [1.165, 1.54) is 10.6 Å². The molecule has 1 N–H and O–H groups in total. The van der Waals surface area contributed by atoms with Crippen molar-refractivity contribution >= 4 is 21.6 Å². The topological polar surface area (TPSA) is 75.7 Å². The van der Waals surface area contributed by atoms with Crippen molar-refractivity contribution in [2.24, 2.45) is 0 Å². The summed E-state index contributed by atoms with van der Waals surface area (Å²) < 4.78 is 31.3. The molecule has 0 spiro atoms. The Bertz CT molecular complexity index is 895. The van der Waals surface area contributed by atoms with Gasteiger partial charge in [0, 0.05) is 13.0 Å². The van der Waals surface area contributed by atoms with Gasteiger partial charge in [-0.1, -0.05) is 37.3 Å². The van der Waals surface area contributed by atoms with E-state index in [9.17, 15) is 13.2 Å². The number of carbonyl (C=O) groups excluding carboxylic acids is 1. The smallest absolute Gasteiger partial charge is 0.232 e. The number of benzene rings is 2. The largest absolute Gasteiger partial charge is 0.491 e. The van der Waals surface area contributed by atoms with Crippen molar-refractivity contribution in [2.75, 3.05) is 30.3 Å². The molecule has 0 atom stereocenters. The molecule has 0 bridgehead atoms. The molecule has 2 rings (SSSR count). The molecule has 0 saturated heterocycles. The van der Waals surface area contributed by atoms with Crippen LogP contribution in [0.15, 0.2) is 48.5 Å². The van der Waals surface area contributed by atoms with Gasteiger partial charge in [0.2, 0.25) is 15.9 Å². The molecule has 2 aromatic carbocycles. The van der Waals surface area contributed by atoms with Gasteiger partial charge in [0.1, 0.15) is 12.4 Å². The Kier molecular flexibility index (Phi) is 8.51. The predicted octanol–water partition coefficient (Wildman–Crippen LogP) is 3.30. The van der Waals surface area contributed by atoms with E-state index in [4.69, 9.17) is 4.74 Å². The fourth-order valence-corrected chi connectivity index (χ4v) is 3.89. The summed E-state index contributed by atoms with van der Waals surface area (Å²) in [6.07, 6.45) is 2.77. The van der Waals surface area contributed by atoms with Crippen LogP contribution >= 0.6 is 0 Å². The molecule has 0 aliphatic rings. The molecule has 0 heterocycles. The Morgan fingerprint density at radius 3 is 2.41 bits per heavy atom. The molecule has 0 aliphatic carbocycles. The molecule has 29 heavy (non-hydrogen) atoms. The lowest BCUT2D eigenvalue weighted by Crippen LogP contribution is -2.32. The Morgan fingerprint density at radius 2 is 1.79 bits per heavy atom. The van der Waals surface area contributed by atoms with E-state index in [0.29, 0.717) is 25.3 Å².